The summed E-state index contributed by atoms with van der Waals surface area (Å²) in [5, 5.41) is 6.50. The minimum atomic E-state index is 0.555. The fourth-order valence-corrected chi connectivity index (χ4v) is 2.20. The molecule has 2 N–H and O–H groups in total. The molecule has 0 saturated heterocycles. The van der Waals surface area contributed by atoms with Crippen molar-refractivity contribution in [1.82, 2.24) is 15.6 Å². The Hall–Kier alpha value is -2.34. The van der Waals surface area contributed by atoms with Gasteiger partial charge in [0.25, 0.3) is 0 Å². The maximum atomic E-state index is 5.56. The van der Waals surface area contributed by atoms with Gasteiger partial charge in [-0.15, -0.1) is 0 Å². The lowest BCUT2D eigenvalue weighted by atomic mass is 10.2. The molecule has 0 saturated carbocycles. The molecule has 2 rings (SSSR count). The van der Waals surface area contributed by atoms with Gasteiger partial charge in [-0.2, -0.15) is 0 Å². The topological polar surface area (TPSA) is 71.7 Å². The van der Waals surface area contributed by atoms with E-state index in [1.54, 1.807) is 13.3 Å². The number of aliphatic imine (C=N–C) groups is 1. The number of aromatic nitrogens is 1. The van der Waals surface area contributed by atoms with Crippen LogP contribution in [0.25, 0.3) is 11.5 Å². The average Bonchev–Trinajstić information content (AvgIpc) is 3.10. The summed E-state index contributed by atoms with van der Waals surface area (Å²) < 4.78 is 11.1. The first-order chi connectivity index (χ1) is 12.2. The summed E-state index contributed by atoms with van der Waals surface area (Å²) in [5.74, 6) is 1.95. The van der Waals surface area contributed by atoms with Gasteiger partial charge in [-0.05, 0) is 24.5 Å². The summed E-state index contributed by atoms with van der Waals surface area (Å²) in [6, 6.07) is 9.86. The van der Waals surface area contributed by atoms with Gasteiger partial charge in [0, 0.05) is 32.4 Å². The third-order valence-electron chi connectivity index (χ3n) is 3.44. The molecule has 0 aliphatic rings. The number of hydrogen-bond donors (Lipinski definition) is 2. The molecule has 0 bridgehead atoms. The van der Waals surface area contributed by atoms with E-state index in [-0.39, 0.29) is 0 Å². The third-order valence-corrected chi connectivity index (χ3v) is 3.44. The van der Waals surface area contributed by atoms with Gasteiger partial charge >= 0.3 is 0 Å². The second-order valence-electron chi connectivity index (χ2n) is 6.18. The van der Waals surface area contributed by atoms with Crippen LogP contribution in [0.2, 0.25) is 0 Å². The lowest BCUT2D eigenvalue weighted by Crippen LogP contribution is -2.37. The number of nitrogens with one attached hydrogen (secondary N) is 2. The fourth-order valence-electron chi connectivity index (χ4n) is 2.20. The Morgan fingerprint density at radius 1 is 1.24 bits per heavy atom. The number of nitrogens with zero attached hydrogens (tertiary/aromatic N) is 2. The molecule has 6 nitrogen and oxygen atoms in total. The lowest BCUT2D eigenvalue weighted by molar-refractivity contribution is 0.108. The van der Waals surface area contributed by atoms with E-state index in [1.165, 1.54) is 0 Å². The van der Waals surface area contributed by atoms with E-state index in [9.17, 15) is 0 Å². The normalized spacial score (nSPS) is 11.8. The van der Waals surface area contributed by atoms with Crippen molar-refractivity contribution >= 4 is 5.96 Å². The van der Waals surface area contributed by atoms with Crippen molar-refractivity contribution in [2.45, 2.75) is 26.8 Å². The Balaban J connectivity index is 1.70. The zero-order valence-corrected chi connectivity index (χ0v) is 15.3. The number of ether oxygens (including phenoxy) is 1. The molecular weight excluding hydrogens is 316 g/mol. The predicted molar refractivity (Wildman–Crippen MR) is 100 cm³/mol. The van der Waals surface area contributed by atoms with E-state index in [1.807, 2.05) is 30.3 Å². The standard InChI is InChI=1S/C19H28N4O2/c1-15(2)13-24-11-7-10-21-19(20-3)22-12-17-14-25-18(23-17)16-8-5-4-6-9-16/h4-6,8-9,14-15H,7,10-13H2,1-3H3,(H2,20,21,22). The number of hydrogen-bond acceptors (Lipinski definition) is 4. The van der Waals surface area contributed by atoms with E-state index >= 15 is 0 Å². The zero-order chi connectivity index (χ0) is 17.9. The van der Waals surface area contributed by atoms with Gasteiger partial charge in [-0.25, -0.2) is 4.98 Å². The molecular formula is C19H28N4O2. The van der Waals surface area contributed by atoms with E-state index in [2.05, 4.69) is 34.5 Å². The van der Waals surface area contributed by atoms with Crippen molar-refractivity contribution in [3.63, 3.8) is 0 Å². The maximum absolute atomic E-state index is 5.56. The average molecular weight is 344 g/mol. The van der Waals surface area contributed by atoms with Gasteiger partial charge in [-0.3, -0.25) is 4.99 Å². The van der Waals surface area contributed by atoms with Crippen molar-refractivity contribution in [3.8, 4) is 11.5 Å². The Morgan fingerprint density at radius 2 is 2.04 bits per heavy atom. The van der Waals surface area contributed by atoms with Crippen molar-refractivity contribution in [3.05, 3.63) is 42.3 Å². The minimum Gasteiger partial charge on any atom is -0.444 e. The van der Waals surface area contributed by atoms with Crippen LogP contribution >= 0.6 is 0 Å². The Bertz CT molecular complexity index is 638. The molecule has 1 heterocycles. The van der Waals surface area contributed by atoms with Gasteiger partial charge in [0.1, 0.15) is 6.26 Å². The number of guanidine groups is 1. The maximum Gasteiger partial charge on any atom is 0.226 e. The number of oxazole rings is 1. The highest BCUT2D eigenvalue weighted by molar-refractivity contribution is 5.79. The Kier molecular flexibility index (Phi) is 7.98. The summed E-state index contributed by atoms with van der Waals surface area (Å²) >= 11 is 0. The van der Waals surface area contributed by atoms with Crippen LogP contribution in [0.1, 0.15) is 26.0 Å². The molecule has 1 aromatic heterocycles. The Morgan fingerprint density at radius 3 is 2.76 bits per heavy atom. The first-order valence-corrected chi connectivity index (χ1v) is 8.71. The summed E-state index contributed by atoms with van der Waals surface area (Å²) in [5.41, 5.74) is 1.81. The third kappa shape index (κ3) is 6.97. The van der Waals surface area contributed by atoms with E-state index in [4.69, 9.17) is 9.15 Å². The van der Waals surface area contributed by atoms with Crippen molar-refractivity contribution in [2.75, 3.05) is 26.8 Å². The molecule has 136 valence electrons. The van der Waals surface area contributed by atoms with Crippen LogP contribution in [0, 0.1) is 5.92 Å². The van der Waals surface area contributed by atoms with Gasteiger partial charge in [-0.1, -0.05) is 32.0 Å². The number of rotatable bonds is 9. The van der Waals surface area contributed by atoms with E-state index < -0.39 is 0 Å². The SMILES string of the molecule is CN=C(NCCCOCC(C)C)NCc1coc(-c2ccccc2)n1. The summed E-state index contributed by atoms with van der Waals surface area (Å²) in [4.78, 5) is 8.70. The second kappa shape index (κ2) is 10.5. The Labute approximate surface area is 149 Å². The summed E-state index contributed by atoms with van der Waals surface area (Å²) in [6.45, 7) is 7.23. The van der Waals surface area contributed by atoms with E-state index in [0.717, 1.165) is 43.4 Å². The first kappa shape index (κ1) is 19.0. The van der Waals surface area contributed by atoms with Crippen molar-refractivity contribution < 1.29 is 9.15 Å². The molecule has 1 aromatic carbocycles. The van der Waals surface area contributed by atoms with Crippen molar-refractivity contribution in [2.24, 2.45) is 10.9 Å². The highest BCUT2D eigenvalue weighted by Gasteiger charge is 2.06. The summed E-state index contributed by atoms with van der Waals surface area (Å²) in [6.07, 6.45) is 2.61. The molecule has 0 atom stereocenters. The minimum absolute atomic E-state index is 0.555. The smallest absolute Gasteiger partial charge is 0.226 e. The van der Waals surface area contributed by atoms with Gasteiger partial charge in [0.05, 0.1) is 12.2 Å². The summed E-state index contributed by atoms with van der Waals surface area (Å²) in [7, 11) is 1.75. The molecule has 0 aliphatic heterocycles. The fraction of sp³-hybridized carbons (Fsp3) is 0.474. The second-order valence-corrected chi connectivity index (χ2v) is 6.18. The number of benzene rings is 1. The van der Waals surface area contributed by atoms with Crippen LogP contribution in [0.5, 0.6) is 0 Å². The lowest BCUT2D eigenvalue weighted by Gasteiger charge is -2.11. The first-order valence-electron chi connectivity index (χ1n) is 8.71. The molecule has 0 unspecified atom stereocenters. The molecule has 0 radical (unpaired) electrons. The van der Waals surface area contributed by atoms with Crippen LogP contribution < -0.4 is 10.6 Å². The van der Waals surface area contributed by atoms with Crippen molar-refractivity contribution in [1.29, 1.82) is 0 Å². The molecule has 6 heteroatoms. The molecule has 0 spiro atoms. The molecule has 2 aromatic rings. The molecule has 25 heavy (non-hydrogen) atoms. The molecule has 0 fully saturated rings. The van der Waals surface area contributed by atoms with Crippen LogP contribution in [0.3, 0.4) is 0 Å². The molecule has 0 aliphatic carbocycles. The highest BCUT2D eigenvalue weighted by atomic mass is 16.5. The monoisotopic (exact) mass is 344 g/mol. The van der Waals surface area contributed by atoms with Gasteiger partial charge < -0.3 is 19.8 Å². The largest absolute Gasteiger partial charge is 0.444 e. The van der Waals surface area contributed by atoms with Crippen LogP contribution in [-0.4, -0.2) is 37.7 Å². The zero-order valence-electron chi connectivity index (χ0n) is 15.3. The molecule has 0 amide bonds. The van der Waals surface area contributed by atoms with Crippen LogP contribution in [0.15, 0.2) is 46.0 Å². The van der Waals surface area contributed by atoms with Crippen LogP contribution in [-0.2, 0) is 11.3 Å². The van der Waals surface area contributed by atoms with Gasteiger partial charge in [0.2, 0.25) is 5.89 Å². The van der Waals surface area contributed by atoms with E-state index in [0.29, 0.717) is 18.4 Å². The quantitative estimate of drug-likeness (QED) is 0.415. The predicted octanol–water partition coefficient (Wildman–Crippen LogP) is 3.07. The highest BCUT2D eigenvalue weighted by Crippen LogP contribution is 2.17. The van der Waals surface area contributed by atoms with Gasteiger partial charge in [0.15, 0.2) is 5.96 Å². The van der Waals surface area contributed by atoms with Crippen LogP contribution in [0.4, 0.5) is 0 Å².